The molecule has 0 bridgehead atoms. The molecule has 3 aromatic rings. The monoisotopic (exact) mass is 353 g/mol. The first-order valence-corrected chi connectivity index (χ1v) is 8.01. The summed E-state index contributed by atoms with van der Waals surface area (Å²) in [5.74, 6) is 0.0985. The van der Waals surface area contributed by atoms with Gasteiger partial charge in [0, 0.05) is 17.1 Å². The number of hydrogen-bond acceptors (Lipinski definition) is 4. The number of methoxy groups -OCH3 is 1. The zero-order valence-electron chi connectivity index (χ0n) is 14.5. The van der Waals surface area contributed by atoms with E-state index >= 15 is 0 Å². The number of hydrazine groups is 1. The van der Waals surface area contributed by atoms with Crippen LogP contribution in [-0.2, 0) is 4.79 Å². The molecule has 134 valence electrons. The summed E-state index contributed by atoms with van der Waals surface area (Å²) in [4.78, 5) is 27.2. The van der Waals surface area contributed by atoms with Gasteiger partial charge in [0.2, 0.25) is 0 Å². The predicted octanol–water partition coefficient (Wildman–Crippen LogP) is 2.32. The predicted molar refractivity (Wildman–Crippen MR) is 97.1 cm³/mol. The van der Waals surface area contributed by atoms with Crippen molar-refractivity contribution in [3.8, 4) is 11.5 Å². The number of benzene rings is 2. The van der Waals surface area contributed by atoms with Crippen LogP contribution in [0.15, 0.2) is 48.7 Å². The molecule has 3 N–H and O–H groups in total. The van der Waals surface area contributed by atoms with Gasteiger partial charge in [-0.05, 0) is 30.7 Å². The van der Waals surface area contributed by atoms with Gasteiger partial charge in [0.25, 0.3) is 11.8 Å². The molecule has 7 heteroatoms. The van der Waals surface area contributed by atoms with Gasteiger partial charge in [-0.25, -0.2) is 0 Å². The van der Waals surface area contributed by atoms with Crippen molar-refractivity contribution in [2.75, 3.05) is 13.7 Å². The van der Waals surface area contributed by atoms with Gasteiger partial charge >= 0.3 is 0 Å². The van der Waals surface area contributed by atoms with Crippen LogP contribution in [0, 0.1) is 6.92 Å². The number of aromatic amines is 1. The van der Waals surface area contributed by atoms with Gasteiger partial charge in [0.15, 0.2) is 18.1 Å². The second-order valence-electron chi connectivity index (χ2n) is 5.69. The first kappa shape index (κ1) is 17.3. The van der Waals surface area contributed by atoms with Crippen molar-refractivity contribution in [1.29, 1.82) is 0 Å². The van der Waals surface area contributed by atoms with Gasteiger partial charge in [0.05, 0.1) is 12.7 Å². The summed E-state index contributed by atoms with van der Waals surface area (Å²) < 4.78 is 10.7. The van der Waals surface area contributed by atoms with Crippen LogP contribution in [0.25, 0.3) is 10.9 Å². The standard InChI is InChI=1S/C19H19N3O4/c1-12-7-8-16(17(9-12)25-2)26-11-18(23)21-22-19(24)14-10-20-15-6-4-3-5-13(14)15/h3-10,20H,11H2,1-2H3,(H,21,23)(H,22,24). The van der Waals surface area contributed by atoms with Crippen LogP contribution in [0.1, 0.15) is 15.9 Å². The second kappa shape index (κ2) is 7.60. The van der Waals surface area contributed by atoms with E-state index < -0.39 is 11.8 Å². The Labute approximate surface area is 150 Å². The summed E-state index contributed by atoms with van der Waals surface area (Å²) in [6.07, 6.45) is 1.60. The van der Waals surface area contributed by atoms with Gasteiger partial charge in [-0.2, -0.15) is 0 Å². The fraction of sp³-hybridized carbons (Fsp3) is 0.158. The molecule has 7 nitrogen and oxygen atoms in total. The van der Waals surface area contributed by atoms with E-state index in [2.05, 4.69) is 15.8 Å². The molecule has 0 saturated heterocycles. The molecule has 0 aliphatic rings. The van der Waals surface area contributed by atoms with E-state index in [0.717, 1.165) is 16.5 Å². The number of ether oxygens (including phenoxy) is 2. The van der Waals surface area contributed by atoms with E-state index in [9.17, 15) is 9.59 Å². The average molecular weight is 353 g/mol. The first-order valence-electron chi connectivity index (χ1n) is 8.01. The molecule has 0 unspecified atom stereocenters. The van der Waals surface area contributed by atoms with Gasteiger partial charge in [0.1, 0.15) is 0 Å². The number of amides is 2. The highest BCUT2D eigenvalue weighted by molar-refractivity contribution is 6.07. The lowest BCUT2D eigenvalue weighted by Crippen LogP contribution is -2.43. The molecule has 0 radical (unpaired) electrons. The summed E-state index contributed by atoms with van der Waals surface area (Å²) in [6.45, 7) is 1.67. The number of rotatable bonds is 5. The fourth-order valence-corrected chi connectivity index (χ4v) is 2.53. The van der Waals surface area contributed by atoms with E-state index in [1.54, 1.807) is 12.3 Å². The normalized spacial score (nSPS) is 10.4. The van der Waals surface area contributed by atoms with Crippen molar-refractivity contribution in [3.63, 3.8) is 0 Å². The van der Waals surface area contributed by atoms with Crippen LogP contribution < -0.4 is 20.3 Å². The second-order valence-corrected chi connectivity index (χ2v) is 5.69. The highest BCUT2D eigenvalue weighted by Crippen LogP contribution is 2.27. The zero-order chi connectivity index (χ0) is 18.5. The van der Waals surface area contributed by atoms with Crippen LogP contribution in [0.5, 0.6) is 11.5 Å². The Morgan fingerprint density at radius 2 is 1.88 bits per heavy atom. The number of carbonyl (C=O) groups is 2. The molecule has 0 saturated carbocycles. The minimum Gasteiger partial charge on any atom is -0.493 e. The Morgan fingerprint density at radius 3 is 2.69 bits per heavy atom. The average Bonchev–Trinajstić information content (AvgIpc) is 3.09. The smallest absolute Gasteiger partial charge is 0.276 e. The minimum atomic E-state index is -0.485. The summed E-state index contributed by atoms with van der Waals surface area (Å²) in [6, 6.07) is 12.8. The molecule has 0 aliphatic carbocycles. The third-order valence-electron chi connectivity index (χ3n) is 3.83. The molecule has 0 fully saturated rings. The lowest BCUT2D eigenvalue weighted by atomic mass is 10.2. The summed E-state index contributed by atoms with van der Waals surface area (Å²) in [5, 5.41) is 0.778. The van der Waals surface area contributed by atoms with Crippen molar-refractivity contribution in [2.24, 2.45) is 0 Å². The van der Waals surface area contributed by atoms with Gasteiger partial charge in [-0.15, -0.1) is 0 Å². The molecule has 0 spiro atoms. The molecule has 2 amide bonds. The maximum atomic E-state index is 12.2. The Morgan fingerprint density at radius 1 is 1.08 bits per heavy atom. The molecular formula is C19H19N3O4. The number of carbonyl (C=O) groups excluding carboxylic acids is 2. The van der Waals surface area contributed by atoms with Gasteiger partial charge in [-0.1, -0.05) is 24.3 Å². The molecular weight excluding hydrogens is 334 g/mol. The molecule has 3 rings (SSSR count). The number of aromatic nitrogens is 1. The number of para-hydroxylation sites is 1. The highest BCUT2D eigenvalue weighted by Gasteiger charge is 2.13. The van der Waals surface area contributed by atoms with Gasteiger partial charge < -0.3 is 14.5 Å². The van der Waals surface area contributed by atoms with Crippen molar-refractivity contribution in [1.82, 2.24) is 15.8 Å². The number of nitrogens with one attached hydrogen (secondary N) is 3. The lowest BCUT2D eigenvalue weighted by Gasteiger charge is -2.11. The topological polar surface area (TPSA) is 92.4 Å². The lowest BCUT2D eigenvalue weighted by molar-refractivity contribution is -0.123. The number of hydrogen-bond donors (Lipinski definition) is 3. The van der Waals surface area contributed by atoms with E-state index in [4.69, 9.17) is 9.47 Å². The first-order chi connectivity index (χ1) is 12.6. The molecule has 1 heterocycles. The third kappa shape index (κ3) is 3.77. The number of aryl methyl sites for hydroxylation is 1. The Kier molecular flexibility index (Phi) is 5.07. The summed E-state index contributed by atoms with van der Waals surface area (Å²) in [5.41, 5.74) is 7.03. The molecule has 2 aromatic carbocycles. The zero-order valence-corrected chi connectivity index (χ0v) is 14.5. The largest absolute Gasteiger partial charge is 0.493 e. The van der Waals surface area contributed by atoms with Crippen LogP contribution in [-0.4, -0.2) is 30.5 Å². The van der Waals surface area contributed by atoms with Crippen LogP contribution in [0.2, 0.25) is 0 Å². The molecule has 0 atom stereocenters. The highest BCUT2D eigenvalue weighted by atomic mass is 16.5. The molecule has 26 heavy (non-hydrogen) atoms. The van der Waals surface area contributed by atoms with Crippen LogP contribution in [0.3, 0.4) is 0 Å². The Balaban J connectivity index is 1.55. The SMILES string of the molecule is COc1cc(C)ccc1OCC(=O)NNC(=O)c1c[nH]c2ccccc12. The van der Waals surface area contributed by atoms with E-state index in [1.165, 1.54) is 7.11 Å². The van der Waals surface area contributed by atoms with Crippen LogP contribution in [0.4, 0.5) is 0 Å². The maximum Gasteiger partial charge on any atom is 0.276 e. The molecule has 0 aliphatic heterocycles. The van der Waals surface area contributed by atoms with Crippen molar-refractivity contribution >= 4 is 22.7 Å². The van der Waals surface area contributed by atoms with Crippen molar-refractivity contribution in [3.05, 3.63) is 59.8 Å². The summed E-state index contributed by atoms with van der Waals surface area (Å²) in [7, 11) is 1.53. The number of H-pyrrole nitrogens is 1. The fourth-order valence-electron chi connectivity index (χ4n) is 2.53. The Hall–Kier alpha value is -3.48. The quantitative estimate of drug-likeness (QED) is 0.614. The van der Waals surface area contributed by atoms with E-state index in [1.807, 2.05) is 43.3 Å². The minimum absolute atomic E-state index is 0.256. The summed E-state index contributed by atoms with van der Waals surface area (Å²) >= 11 is 0. The van der Waals surface area contributed by atoms with E-state index in [0.29, 0.717) is 17.1 Å². The maximum absolute atomic E-state index is 12.2. The Bertz CT molecular complexity index is 949. The van der Waals surface area contributed by atoms with Crippen molar-refractivity contribution in [2.45, 2.75) is 6.92 Å². The number of fused-ring (bicyclic) bond motifs is 1. The third-order valence-corrected chi connectivity index (χ3v) is 3.83. The van der Waals surface area contributed by atoms with E-state index in [-0.39, 0.29) is 6.61 Å². The van der Waals surface area contributed by atoms with Crippen LogP contribution >= 0.6 is 0 Å². The van der Waals surface area contributed by atoms with Crippen molar-refractivity contribution < 1.29 is 19.1 Å². The van der Waals surface area contributed by atoms with Gasteiger partial charge in [-0.3, -0.25) is 20.4 Å². The molecule has 1 aromatic heterocycles.